The lowest BCUT2D eigenvalue weighted by molar-refractivity contribution is -0.115. The van der Waals surface area contributed by atoms with E-state index >= 15 is 0 Å². The highest BCUT2D eigenvalue weighted by molar-refractivity contribution is 6.32. The topological polar surface area (TPSA) is 32.3 Å². The second kappa shape index (κ2) is 6.29. The Kier molecular flexibility index (Phi) is 4.70. The standard InChI is InChI=1S/C15H21ClN2O/c1-11-6-7-13(17-15(19)12(2)16)10-14(11)18-8-4-3-5-9-18/h6-7,10,12H,3-5,8-9H2,1-2H3,(H,17,19). The zero-order valence-corrected chi connectivity index (χ0v) is 12.3. The van der Waals surface area contributed by atoms with Crippen molar-refractivity contribution in [2.45, 2.75) is 38.5 Å². The van der Waals surface area contributed by atoms with Crippen molar-refractivity contribution in [3.8, 4) is 0 Å². The van der Waals surface area contributed by atoms with E-state index in [1.807, 2.05) is 6.07 Å². The summed E-state index contributed by atoms with van der Waals surface area (Å²) in [5, 5.41) is 2.34. The van der Waals surface area contributed by atoms with E-state index in [0.29, 0.717) is 0 Å². The van der Waals surface area contributed by atoms with Crippen LogP contribution < -0.4 is 10.2 Å². The number of aryl methyl sites for hydroxylation is 1. The quantitative estimate of drug-likeness (QED) is 0.859. The van der Waals surface area contributed by atoms with Gasteiger partial charge in [0, 0.05) is 24.5 Å². The number of piperidine rings is 1. The molecule has 19 heavy (non-hydrogen) atoms. The monoisotopic (exact) mass is 280 g/mol. The fraction of sp³-hybridized carbons (Fsp3) is 0.533. The minimum Gasteiger partial charge on any atom is -0.371 e. The Morgan fingerprint density at radius 3 is 2.63 bits per heavy atom. The van der Waals surface area contributed by atoms with Gasteiger partial charge >= 0.3 is 0 Å². The summed E-state index contributed by atoms with van der Waals surface area (Å²) >= 11 is 5.78. The molecule has 0 spiro atoms. The predicted molar refractivity (Wildman–Crippen MR) is 81.2 cm³/mol. The summed E-state index contributed by atoms with van der Waals surface area (Å²) < 4.78 is 0. The van der Waals surface area contributed by atoms with Crippen molar-refractivity contribution in [2.75, 3.05) is 23.3 Å². The Hall–Kier alpha value is -1.22. The molecule has 0 saturated carbocycles. The molecule has 0 aliphatic carbocycles. The number of carbonyl (C=O) groups excluding carboxylic acids is 1. The average molecular weight is 281 g/mol. The molecule has 1 aliphatic rings. The van der Waals surface area contributed by atoms with Crippen LogP contribution in [0, 0.1) is 6.92 Å². The first-order chi connectivity index (χ1) is 9.08. The molecule has 0 radical (unpaired) electrons. The summed E-state index contributed by atoms with van der Waals surface area (Å²) in [5.41, 5.74) is 3.29. The number of nitrogens with one attached hydrogen (secondary N) is 1. The molecule has 1 saturated heterocycles. The van der Waals surface area contributed by atoms with Gasteiger partial charge in [0.1, 0.15) is 5.38 Å². The molecule has 0 aromatic heterocycles. The summed E-state index contributed by atoms with van der Waals surface area (Å²) in [4.78, 5) is 14.0. The first-order valence-corrected chi connectivity index (χ1v) is 7.32. The molecule has 2 rings (SSSR count). The van der Waals surface area contributed by atoms with E-state index in [1.54, 1.807) is 6.92 Å². The van der Waals surface area contributed by atoms with Crippen molar-refractivity contribution in [3.63, 3.8) is 0 Å². The maximum Gasteiger partial charge on any atom is 0.242 e. The Labute approximate surface area is 119 Å². The van der Waals surface area contributed by atoms with Crippen LogP contribution in [0.1, 0.15) is 31.7 Å². The third kappa shape index (κ3) is 3.63. The fourth-order valence-corrected chi connectivity index (χ4v) is 2.46. The third-order valence-corrected chi connectivity index (χ3v) is 3.73. The summed E-state index contributed by atoms with van der Waals surface area (Å²) in [6.45, 7) is 5.99. The number of hydrogen-bond acceptors (Lipinski definition) is 2. The number of alkyl halides is 1. The van der Waals surface area contributed by atoms with E-state index in [0.717, 1.165) is 18.8 Å². The van der Waals surface area contributed by atoms with Crippen LogP contribution in [0.2, 0.25) is 0 Å². The van der Waals surface area contributed by atoms with E-state index in [9.17, 15) is 4.79 Å². The van der Waals surface area contributed by atoms with Crippen LogP contribution in [0.3, 0.4) is 0 Å². The number of nitrogens with zero attached hydrogens (tertiary/aromatic N) is 1. The van der Waals surface area contributed by atoms with Gasteiger partial charge in [-0.15, -0.1) is 11.6 Å². The van der Waals surface area contributed by atoms with Gasteiger partial charge in [-0.2, -0.15) is 0 Å². The lowest BCUT2D eigenvalue weighted by atomic mass is 10.1. The van der Waals surface area contributed by atoms with E-state index in [4.69, 9.17) is 11.6 Å². The number of carbonyl (C=O) groups is 1. The predicted octanol–water partition coefficient (Wildman–Crippen LogP) is 3.55. The van der Waals surface area contributed by atoms with Crippen LogP contribution in [0.15, 0.2) is 18.2 Å². The first kappa shape index (κ1) is 14.2. The second-order valence-corrected chi connectivity index (χ2v) is 5.81. The Balaban J connectivity index is 2.16. The van der Waals surface area contributed by atoms with Crippen LogP contribution in [-0.2, 0) is 4.79 Å². The molecule has 1 unspecified atom stereocenters. The van der Waals surface area contributed by atoms with Crippen molar-refractivity contribution in [3.05, 3.63) is 23.8 Å². The molecule has 0 bridgehead atoms. The molecule has 4 heteroatoms. The second-order valence-electron chi connectivity index (χ2n) is 5.15. The van der Waals surface area contributed by atoms with Gasteiger partial charge in [0.15, 0.2) is 0 Å². The number of amides is 1. The summed E-state index contributed by atoms with van der Waals surface area (Å²) in [5.74, 6) is -0.157. The minimum absolute atomic E-state index is 0.157. The highest BCUT2D eigenvalue weighted by Crippen LogP contribution is 2.27. The average Bonchev–Trinajstić information content (AvgIpc) is 2.41. The maximum absolute atomic E-state index is 11.6. The zero-order chi connectivity index (χ0) is 13.8. The summed E-state index contributed by atoms with van der Waals surface area (Å²) in [6, 6.07) is 6.04. The van der Waals surface area contributed by atoms with Crippen molar-refractivity contribution in [1.29, 1.82) is 0 Å². The van der Waals surface area contributed by atoms with Crippen LogP contribution in [-0.4, -0.2) is 24.4 Å². The molecule has 1 fully saturated rings. The van der Waals surface area contributed by atoms with Gasteiger partial charge in [0.2, 0.25) is 5.91 Å². The summed E-state index contributed by atoms with van der Waals surface area (Å²) in [7, 11) is 0. The molecule has 1 aromatic carbocycles. The number of benzene rings is 1. The van der Waals surface area contributed by atoms with Crippen molar-refractivity contribution < 1.29 is 4.79 Å². The molecule has 1 aliphatic heterocycles. The largest absolute Gasteiger partial charge is 0.371 e. The lowest BCUT2D eigenvalue weighted by Gasteiger charge is -2.30. The van der Waals surface area contributed by atoms with Gasteiger partial charge in [-0.25, -0.2) is 0 Å². The van der Waals surface area contributed by atoms with E-state index < -0.39 is 5.38 Å². The van der Waals surface area contributed by atoms with Gasteiger partial charge in [0.25, 0.3) is 0 Å². The molecule has 1 heterocycles. The highest BCUT2D eigenvalue weighted by Gasteiger charge is 2.15. The van der Waals surface area contributed by atoms with Crippen molar-refractivity contribution >= 4 is 28.9 Å². The van der Waals surface area contributed by atoms with Gasteiger partial charge in [-0.05, 0) is 50.8 Å². The molecule has 1 amide bonds. The lowest BCUT2D eigenvalue weighted by Crippen LogP contribution is -2.30. The zero-order valence-electron chi connectivity index (χ0n) is 11.6. The number of rotatable bonds is 3. The summed E-state index contributed by atoms with van der Waals surface area (Å²) in [6.07, 6.45) is 3.80. The van der Waals surface area contributed by atoms with Crippen LogP contribution in [0.4, 0.5) is 11.4 Å². The smallest absolute Gasteiger partial charge is 0.242 e. The molecule has 1 aromatic rings. The third-order valence-electron chi connectivity index (χ3n) is 3.53. The maximum atomic E-state index is 11.6. The number of anilines is 2. The normalized spacial score (nSPS) is 17.1. The van der Waals surface area contributed by atoms with E-state index in [-0.39, 0.29) is 5.91 Å². The fourth-order valence-electron chi connectivity index (χ4n) is 2.40. The minimum atomic E-state index is -0.514. The van der Waals surface area contributed by atoms with Crippen LogP contribution >= 0.6 is 11.6 Å². The van der Waals surface area contributed by atoms with Gasteiger partial charge in [-0.3, -0.25) is 4.79 Å². The van der Waals surface area contributed by atoms with E-state index in [1.165, 1.54) is 30.5 Å². The molecule has 1 atom stereocenters. The Morgan fingerprint density at radius 1 is 1.32 bits per heavy atom. The van der Waals surface area contributed by atoms with Crippen LogP contribution in [0.25, 0.3) is 0 Å². The number of halogens is 1. The molecular weight excluding hydrogens is 260 g/mol. The van der Waals surface area contributed by atoms with E-state index in [2.05, 4.69) is 29.3 Å². The Bertz CT molecular complexity index is 453. The molecular formula is C15H21ClN2O. The molecule has 3 nitrogen and oxygen atoms in total. The molecule has 1 N–H and O–H groups in total. The SMILES string of the molecule is Cc1ccc(NC(=O)C(C)Cl)cc1N1CCCCC1. The Morgan fingerprint density at radius 2 is 2.00 bits per heavy atom. The van der Waals surface area contributed by atoms with Crippen LogP contribution in [0.5, 0.6) is 0 Å². The van der Waals surface area contributed by atoms with Crippen molar-refractivity contribution in [2.24, 2.45) is 0 Å². The number of hydrogen-bond donors (Lipinski definition) is 1. The first-order valence-electron chi connectivity index (χ1n) is 6.88. The highest BCUT2D eigenvalue weighted by atomic mass is 35.5. The van der Waals surface area contributed by atoms with Gasteiger partial charge in [-0.1, -0.05) is 6.07 Å². The molecule has 104 valence electrons. The van der Waals surface area contributed by atoms with Gasteiger partial charge in [0.05, 0.1) is 0 Å². The van der Waals surface area contributed by atoms with Gasteiger partial charge < -0.3 is 10.2 Å². The van der Waals surface area contributed by atoms with Crippen molar-refractivity contribution in [1.82, 2.24) is 0 Å².